The van der Waals surface area contributed by atoms with Gasteiger partial charge in [0.2, 0.25) is 5.91 Å². The van der Waals surface area contributed by atoms with Gasteiger partial charge < -0.3 is 19.5 Å². The molecule has 0 aromatic heterocycles. The van der Waals surface area contributed by atoms with Crippen LogP contribution in [0.5, 0.6) is 5.75 Å². The second kappa shape index (κ2) is 8.50. The van der Waals surface area contributed by atoms with Crippen molar-refractivity contribution < 1.29 is 23.8 Å². The first kappa shape index (κ1) is 16.4. The summed E-state index contributed by atoms with van der Waals surface area (Å²) in [4.78, 5) is 13.2. The van der Waals surface area contributed by atoms with E-state index in [0.29, 0.717) is 0 Å². The van der Waals surface area contributed by atoms with Gasteiger partial charge in [0.15, 0.2) is 11.6 Å². The Kier molecular flexibility index (Phi) is 6.97. The van der Waals surface area contributed by atoms with E-state index in [1.807, 2.05) is 0 Å². The molecule has 1 aromatic rings. The summed E-state index contributed by atoms with van der Waals surface area (Å²) in [5.41, 5.74) is 0. The molecule has 6 heteroatoms. The topological polar surface area (TPSA) is 59.0 Å². The molecule has 0 spiro atoms. The molecule has 0 aliphatic rings. The number of aliphatic hydroxyl groups excluding tert-OH is 1. The van der Waals surface area contributed by atoms with Crippen molar-refractivity contribution in [2.24, 2.45) is 0 Å². The van der Waals surface area contributed by atoms with Gasteiger partial charge in [0.1, 0.15) is 0 Å². The summed E-state index contributed by atoms with van der Waals surface area (Å²) in [5.74, 6) is -0.511. The number of benzene rings is 1. The van der Waals surface area contributed by atoms with Gasteiger partial charge in [0.05, 0.1) is 25.7 Å². The van der Waals surface area contributed by atoms with E-state index >= 15 is 0 Å². The molecule has 0 saturated carbocycles. The van der Waals surface area contributed by atoms with Gasteiger partial charge in [-0.05, 0) is 12.1 Å². The van der Waals surface area contributed by atoms with Crippen LogP contribution in [0.3, 0.4) is 0 Å². The SMILES string of the molecule is COCC(O)CN(C)C(=O)CCOc1ccccc1F. The highest BCUT2D eigenvalue weighted by atomic mass is 19.1. The normalized spacial score (nSPS) is 12.0. The second-order valence-corrected chi connectivity index (χ2v) is 4.41. The van der Waals surface area contributed by atoms with E-state index in [4.69, 9.17) is 9.47 Å². The summed E-state index contributed by atoms with van der Waals surface area (Å²) >= 11 is 0. The van der Waals surface area contributed by atoms with Gasteiger partial charge in [0, 0.05) is 20.7 Å². The summed E-state index contributed by atoms with van der Waals surface area (Å²) in [6.45, 7) is 0.445. The Morgan fingerprint density at radius 1 is 1.45 bits per heavy atom. The maximum Gasteiger partial charge on any atom is 0.225 e. The zero-order valence-electron chi connectivity index (χ0n) is 11.7. The van der Waals surface area contributed by atoms with Crippen LogP contribution in [0.2, 0.25) is 0 Å². The third kappa shape index (κ3) is 5.54. The van der Waals surface area contributed by atoms with Gasteiger partial charge in [0.25, 0.3) is 0 Å². The van der Waals surface area contributed by atoms with Crippen molar-refractivity contribution in [3.05, 3.63) is 30.1 Å². The first-order valence-electron chi connectivity index (χ1n) is 6.33. The Bertz CT molecular complexity index is 427. The van der Waals surface area contributed by atoms with Crippen LogP contribution in [-0.4, -0.2) is 55.9 Å². The smallest absolute Gasteiger partial charge is 0.225 e. The van der Waals surface area contributed by atoms with Gasteiger partial charge in [-0.3, -0.25) is 4.79 Å². The van der Waals surface area contributed by atoms with Crippen LogP contribution in [0.25, 0.3) is 0 Å². The van der Waals surface area contributed by atoms with Gasteiger partial charge >= 0.3 is 0 Å². The highest BCUT2D eigenvalue weighted by Gasteiger charge is 2.13. The first-order valence-corrected chi connectivity index (χ1v) is 6.33. The predicted molar refractivity (Wildman–Crippen MR) is 72.0 cm³/mol. The lowest BCUT2D eigenvalue weighted by Crippen LogP contribution is -2.36. The standard InChI is InChI=1S/C14H20FNO4/c1-16(9-11(17)10-19-2)14(18)7-8-20-13-6-4-3-5-12(13)15/h3-6,11,17H,7-10H2,1-2H3. The van der Waals surface area contributed by atoms with Gasteiger partial charge in [-0.15, -0.1) is 0 Å². The molecule has 0 fully saturated rings. The van der Waals surface area contributed by atoms with Crippen molar-refractivity contribution in [2.45, 2.75) is 12.5 Å². The number of ether oxygens (including phenoxy) is 2. The van der Waals surface area contributed by atoms with E-state index in [0.717, 1.165) is 0 Å². The first-order chi connectivity index (χ1) is 9.54. The maximum absolute atomic E-state index is 13.3. The van der Waals surface area contributed by atoms with Crippen LogP contribution in [0.1, 0.15) is 6.42 Å². The van der Waals surface area contributed by atoms with Gasteiger partial charge in [-0.2, -0.15) is 0 Å². The minimum atomic E-state index is -0.721. The Morgan fingerprint density at radius 2 is 2.15 bits per heavy atom. The summed E-state index contributed by atoms with van der Waals surface area (Å²) in [5, 5.41) is 9.51. The number of carbonyl (C=O) groups is 1. The number of hydrogen-bond donors (Lipinski definition) is 1. The van der Waals surface area contributed by atoms with Crippen molar-refractivity contribution in [1.29, 1.82) is 0 Å². The Balaban J connectivity index is 2.31. The average Bonchev–Trinajstić information content (AvgIpc) is 2.41. The molecule has 112 valence electrons. The van der Waals surface area contributed by atoms with Crippen molar-refractivity contribution in [3.8, 4) is 5.75 Å². The predicted octanol–water partition coefficient (Wildman–Crippen LogP) is 1.06. The summed E-state index contributed by atoms with van der Waals surface area (Å²) < 4.78 is 23.2. The number of hydrogen-bond acceptors (Lipinski definition) is 4. The number of aliphatic hydroxyl groups is 1. The molecule has 1 rings (SSSR count). The number of methoxy groups -OCH3 is 1. The average molecular weight is 285 g/mol. The monoisotopic (exact) mass is 285 g/mol. The Labute approximate surface area is 117 Å². The molecule has 1 N–H and O–H groups in total. The summed E-state index contributed by atoms with van der Waals surface area (Å²) in [7, 11) is 3.07. The van der Waals surface area contributed by atoms with E-state index in [1.165, 1.54) is 24.1 Å². The van der Waals surface area contributed by atoms with E-state index in [2.05, 4.69) is 0 Å². The van der Waals surface area contributed by atoms with Crippen LogP contribution in [0, 0.1) is 5.82 Å². The van der Waals surface area contributed by atoms with E-state index in [9.17, 15) is 14.3 Å². The van der Waals surface area contributed by atoms with E-state index in [1.54, 1.807) is 19.2 Å². The van der Waals surface area contributed by atoms with Gasteiger partial charge in [-0.25, -0.2) is 4.39 Å². The van der Waals surface area contributed by atoms with E-state index in [-0.39, 0.29) is 37.8 Å². The largest absolute Gasteiger partial charge is 0.490 e. The van der Waals surface area contributed by atoms with Crippen molar-refractivity contribution in [2.75, 3.05) is 33.9 Å². The zero-order chi connectivity index (χ0) is 15.0. The molecular formula is C14H20FNO4. The Hall–Kier alpha value is -1.66. The number of para-hydroxylation sites is 1. The molecule has 0 bridgehead atoms. The summed E-state index contributed by atoms with van der Waals surface area (Å²) in [6.07, 6.45) is -0.605. The van der Waals surface area contributed by atoms with Crippen LogP contribution >= 0.6 is 0 Å². The highest BCUT2D eigenvalue weighted by Crippen LogP contribution is 2.15. The third-order valence-electron chi connectivity index (χ3n) is 2.68. The number of carbonyl (C=O) groups excluding carboxylic acids is 1. The molecule has 1 aromatic carbocycles. The molecule has 0 aliphatic heterocycles. The summed E-state index contributed by atoms with van der Waals surface area (Å²) in [6, 6.07) is 6.03. The molecule has 0 radical (unpaired) electrons. The fourth-order valence-corrected chi connectivity index (χ4v) is 1.66. The molecule has 5 nitrogen and oxygen atoms in total. The third-order valence-corrected chi connectivity index (χ3v) is 2.68. The van der Waals surface area contributed by atoms with Crippen molar-refractivity contribution >= 4 is 5.91 Å². The van der Waals surface area contributed by atoms with Crippen molar-refractivity contribution in [3.63, 3.8) is 0 Å². The number of likely N-dealkylation sites (N-methyl/N-ethyl adjacent to an activating group) is 1. The molecule has 0 aliphatic carbocycles. The lowest BCUT2D eigenvalue weighted by atomic mass is 10.3. The van der Waals surface area contributed by atoms with E-state index < -0.39 is 11.9 Å². The quantitative estimate of drug-likeness (QED) is 0.776. The van der Waals surface area contributed by atoms with Crippen LogP contribution in [0.4, 0.5) is 4.39 Å². The minimum absolute atomic E-state index is 0.0878. The van der Waals surface area contributed by atoms with Crippen LogP contribution in [-0.2, 0) is 9.53 Å². The fraction of sp³-hybridized carbons (Fsp3) is 0.500. The molecule has 0 heterocycles. The minimum Gasteiger partial charge on any atom is -0.490 e. The number of nitrogens with zero attached hydrogens (tertiary/aromatic N) is 1. The number of amides is 1. The molecule has 20 heavy (non-hydrogen) atoms. The highest BCUT2D eigenvalue weighted by molar-refractivity contribution is 5.76. The fourth-order valence-electron chi connectivity index (χ4n) is 1.66. The molecular weight excluding hydrogens is 265 g/mol. The Morgan fingerprint density at radius 3 is 2.80 bits per heavy atom. The molecule has 1 unspecified atom stereocenters. The second-order valence-electron chi connectivity index (χ2n) is 4.41. The van der Waals surface area contributed by atoms with Crippen molar-refractivity contribution in [1.82, 2.24) is 4.90 Å². The number of halogens is 1. The zero-order valence-corrected chi connectivity index (χ0v) is 11.7. The van der Waals surface area contributed by atoms with Crippen LogP contribution in [0.15, 0.2) is 24.3 Å². The van der Waals surface area contributed by atoms with Crippen LogP contribution < -0.4 is 4.74 Å². The number of rotatable bonds is 8. The molecule has 0 saturated heterocycles. The lowest BCUT2D eigenvalue weighted by Gasteiger charge is -2.20. The lowest BCUT2D eigenvalue weighted by molar-refractivity contribution is -0.132. The molecule has 1 amide bonds. The molecule has 1 atom stereocenters. The van der Waals surface area contributed by atoms with Gasteiger partial charge in [-0.1, -0.05) is 12.1 Å². The maximum atomic E-state index is 13.3.